The van der Waals surface area contributed by atoms with Crippen LogP contribution in [0.1, 0.15) is 72.2 Å². The Morgan fingerprint density at radius 1 is 0.221 bits per heavy atom. The van der Waals surface area contributed by atoms with Gasteiger partial charge in [0.25, 0.3) is 0 Å². The van der Waals surface area contributed by atoms with Crippen LogP contribution in [0, 0.1) is 0 Å². The van der Waals surface area contributed by atoms with Crippen molar-refractivity contribution in [1.29, 1.82) is 0 Å². The Hall–Kier alpha value is -10.5. The summed E-state index contributed by atoms with van der Waals surface area (Å²) in [5.74, 6) is 0. The maximum atomic E-state index is 2.43. The molecule has 0 spiro atoms. The van der Waals surface area contributed by atoms with Gasteiger partial charge in [-0.25, -0.2) is 0 Å². The van der Waals surface area contributed by atoms with Gasteiger partial charge in [-0.3, -0.25) is 0 Å². The molecule has 2 aliphatic rings. The van der Waals surface area contributed by atoms with Gasteiger partial charge >= 0.3 is 0 Å². The van der Waals surface area contributed by atoms with Crippen molar-refractivity contribution in [3.63, 3.8) is 0 Å². The van der Waals surface area contributed by atoms with Crippen LogP contribution in [0.4, 0.5) is 34.1 Å². The summed E-state index contributed by atoms with van der Waals surface area (Å²) in [5.41, 5.74) is 26.5. The Kier molecular flexibility index (Phi) is 12.9. The summed E-state index contributed by atoms with van der Waals surface area (Å²) < 4.78 is 0. The lowest BCUT2D eigenvalue weighted by molar-refractivity contribution is 0.660. The van der Waals surface area contributed by atoms with Gasteiger partial charge in [0.05, 0.1) is 0 Å². The molecule has 0 fully saturated rings. The predicted molar refractivity (Wildman–Crippen MR) is 368 cm³/mol. The molecule has 15 rings (SSSR count). The van der Waals surface area contributed by atoms with E-state index in [4.69, 9.17) is 0 Å². The molecular weight excluding hydrogens is 1040 g/mol. The SMILES string of the molecule is CC1(C)c2cc(/C=C/c3ccc(/C=C/c4ccc5c(c4)C(C)(C)c4cc(N(c6ccc(-c7ccccc7)cc6)c6ccc7ccccc7c6)ccc4-5)cc3)ccc2-c2ccc(N(c3ccc(-c4ccccc4)cc3)c3ccc4ccccc4c3)cc21. The first kappa shape index (κ1) is 52.3. The van der Waals surface area contributed by atoms with Crippen LogP contribution in [0.3, 0.4) is 0 Å². The maximum absolute atomic E-state index is 2.43. The molecule has 0 heterocycles. The lowest BCUT2D eigenvalue weighted by Gasteiger charge is -2.28. The van der Waals surface area contributed by atoms with Gasteiger partial charge in [-0.15, -0.1) is 0 Å². The van der Waals surface area contributed by atoms with Crippen molar-refractivity contribution in [2.45, 2.75) is 38.5 Å². The fourth-order valence-corrected chi connectivity index (χ4v) is 13.5. The Morgan fingerprint density at radius 3 is 0.895 bits per heavy atom. The van der Waals surface area contributed by atoms with Gasteiger partial charge < -0.3 is 9.80 Å². The Morgan fingerprint density at radius 2 is 0.500 bits per heavy atom. The Labute approximate surface area is 505 Å². The summed E-state index contributed by atoms with van der Waals surface area (Å²) in [6.45, 7) is 9.51. The second-order valence-corrected chi connectivity index (χ2v) is 24.2. The predicted octanol–water partition coefficient (Wildman–Crippen LogP) is 23.2. The van der Waals surface area contributed by atoms with E-state index in [1.54, 1.807) is 0 Å². The van der Waals surface area contributed by atoms with Crippen molar-refractivity contribution in [3.05, 3.63) is 336 Å². The van der Waals surface area contributed by atoms with E-state index in [0.29, 0.717) is 0 Å². The standard InChI is InChI=1S/C84H64N2/c1-83(2)79-51-59(31-47-75(79)77-49-45-73(55-81(77)83)85(71-43-37-63-19-11-13-21-67(63)53-71)69-39-33-65(34-40-69)61-15-7-5-8-16-61)29-27-57-23-25-58(26-24-57)28-30-60-32-48-76-78-50-46-74(56-82(78)84(3,4)80(76)52-60)86(72-44-38-64-20-12-14-22-68(64)54-72)70-41-35-66(36-42-70)62-17-9-6-10-18-62/h5-56H,1-4H3/b29-27+,30-28+. The molecule has 0 bridgehead atoms. The fourth-order valence-electron chi connectivity index (χ4n) is 13.5. The molecule has 410 valence electrons. The van der Waals surface area contributed by atoms with Crippen LogP contribution in [-0.4, -0.2) is 0 Å². The van der Waals surface area contributed by atoms with Crippen LogP contribution in [0.25, 0.3) is 90.4 Å². The van der Waals surface area contributed by atoms with Crippen molar-refractivity contribution in [1.82, 2.24) is 0 Å². The maximum Gasteiger partial charge on any atom is 0.0468 e. The van der Waals surface area contributed by atoms with Gasteiger partial charge in [-0.2, -0.15) is 0 Å². The largest absolute Gasteiger partial charge is 0.310 e. The van der Waals surface area contributed by atoms with E-state index in [-0.39, 0.29) is 10.8 Å². The van der Waals surface area contributed by atoms with E-state index >= 15 is 0 Å². The monoisotopic (exact) mass is 1100 g/mol. The molecule has 2 aliphatic carbocycles. The van der Waals surface area contributed by atoms with Crippen molar-refractivity contribution in [2.75, 3.05) is 9.80 Å². The normalized spacial score (nSPS) is 13.4. The summed E-state index contributed by atoms with van der Waals surface area (Å²) in [7, 11) is 0. The van der Waals surface area contributed by atoms with Crippen LogP contribution in [0.15, 0.2) is 291 Å². The molecule has 2 nitrogen and oxygen atoms in total. The molecule has 2 heteroatoms. The number of hydrogen-bond acceptors (Lipinski definition) is 2. The summed E-state index contributed by atoms with van der Waals surface area (Å²) in [5, 5.41) is 4.91. The van der Waals surface area contributed by atoms with Crippen LogP contribution in [-0.2, 0) is 10.8 Å². The topological polar surface area (TPSA) is 6.48 Å². The van der Waals surface area contributed by atoms with Crippen molar-refractivity contribution < 1.29 is 0 Å². The third-order valence-electron chi connectivity index (χ3n) is 18.2. The zero-order chi connectivity index (χ0) is 57.9. The minimum atomic E-state index is -0.204. The van der Waals surface area contributed by atoms with Crippen LogP contribution < -0.4 is 9.80 Å². The van der Waals surface area contributed by atoms with Crippen molar-refractivity contribution in [2.24, 2.45) is 0 Å². The second kappa shape index (κ2) is 21.3. The number of fused-ring (bicyclic) bond motifs is 8. The van der Waals surface area contributed by atoms with Gasteiger partial charge in [-0.1, -0.05) is 270 Å². The first-order valence-electron chi connectivity index (χ1n) is 30.0. The molecular formula is C84H64N2. The van der Waals surface area contributed by atoms with Gasteiger partial charge in [0.15, 0.2) is 0 Å². The number of hydrogen-bond donors (Lipinski definition) is 0. The van der Waals surface area contributed by atoms with Gasteiger partial charge in [-0.05, 0) is 183 Å². The summed E-state index contributed by atoms with van der Waals surface area (Å²) in [4.78, 5) is 4.82. The van der Waals surface area contributed by atoms with E-state index < -0.39 is 0 Å². The molecule has 0 unspecified atom stereocenters. The van der Waals surface area contributed by atoms with E-state index in [0.717, 1.165) is 34.1 Å². The number of anilines is 6. The first-order chi connectivity index (χ1) is 42.1. The molecule has 0 aromatic heterocycles. The first-order valence-corrected chi connectivity index (χ1v) is 30.0. The molecule has 0 saturated heterocycles. The summed E-state index contributed by atoms with van der Waals surface area (Å²) in [6.07, 6.45) is 8.99. The lowest BCUT2D eigenvalue weighted by atomic mass is 9.81. The number of rotatable bonds is 12. The van der Waals surface area contributed by atoms with Crippen molar-refractivity contribution >= 4 is 80.0 Å². The minimum absolute atomic E-state index is 0.204. The van der Waals surface area contributed by atoms with Crippen LogP contribution >= 0.6 is 0 Å². The molecule has 0 N–H and O–H groups in total. The molecule has 86 heavy (non-hydrogen) atoms. The zero-order valence-corrected chi connectivity index (χ0v) is 48.9. The van der Waals surface area contributed by atoms with E-state index in [9.17, 15) is 0 Å². The van der Waals surface area contributed by atoms with Crippen LogP contribution in [0.2, 0.25) is 0 Å². The van der Waals surface area contributed by atoms with E-state index in [1.807, 2.05) is 0 Å². The Balaban J connectivity index is 0.656. The molecule has 0 amide bonds. The van der Waals surface area contributed by atoms with E-state index in [1.165, 1.54) is 111 Å². The average Bonchev–Trinajstić information content (AvgIpc) is 1.67. The highest BCUT2D eigenvalue weighted by atomic mass is 15.1. The van der Waals surface area contributed by atoms with Crippen molar-refractivity contribution in [3.8, 4) is 44.5 Å². The molecule has 0 saturated carbocycles. The molecule has 13 aromatic rings. The fraction of sp³-hybridized carbons (Fsp3) is 0.0714. The van der Waals surface area contributed by atoms with Gasteiger partial charge in [0.2, 0.25) is 0 Å². The quantitative estimate of drug-likeness (QED) is 0.113. The third-order valence-corrected chi connectivity index (χ3v) is 18.2. The Bertz CT molecular complexity index is 4470. The van der Waals surface area contributed by atoms with Gasteiger partial charge in [0, 0.05) is 45.0 Å². The van der Waals surface area contributed by atoms with Crippen LogP contribution in [0.5, 0.6) is 0 Å². The highest BCUT2D eigenvalue weighted by Gasteiger charge is 2.38. The molecule has 0 radical (unpaired) electrons. The molecule has 13 aromatic carbocycles. The van der Waals surface area contributed by atoms with Gasteiger partial charge in [0.1, 0.15) is 0 Å². The second-order valence-electron chi connectivity index (χ2n) is 24.2. The number of nitrogens with zero attached hydrogens (tertiary/aromatic N) is 2. The number of benzene rings is 13. The highest BCUT2D eigenvalue weighted by molar-refractivity contribution is 5.94. The summed E-state index contributed by atoms with van der Waals surface area (Å²) in [6, 6.07) is 107. The zero-order valence-electron chi connectivity index (χ0n) is 48.9. The molecule has 0 atom stereocenters. The smallest absolute Gasteiger partial charge is 0.0468 e. The molecule has 0 aliphatic heterocycles. The average molecular weight is 1100 g/mol. The summed E-state index contributed by atoms with van der Waals surface area (Å²) >= 11 is 0. The van der Waals surface area contributed by atoms with E-state index in [2.05, 4.69) is 353 Å². The minimum Gasteiger partial charge on any atom is -0.310 e. The lowest BCUT2D eigenvalue weighted by Crippen LogP contribution is -2.16. The highest BCUT2D eigenvalue weighted by Crippen LogP contribution is 2.53. The third kappa shape index (κ3) is 9.50.